The Morgan fingerprint density at radius 2 is 1.61 bits per heavy atom. The average Bonchev–Trinajstić information content (AvgIpc) is 4.03. The normalized spacial score (nSPS) is 20.1. The van der Waals surface area contributed by atoms with Crippen LogP contribution >= 0.6 is 11.3 Å². The number of carbonyl (C=O) groups excluding carboxylic acids is 3. The lowest BCUT2D eigenvalue weighted by atomic mass is 9.84. The summed E-state index contributed by atoms with van der Waals surface area (Å²) < 4.78 is 64.4. The minimum absolute atomic E-state index is 0.0273. The van der Waals surface area contributed by atoms with Crippen molar-refractivity contribution in [2.45, 2.75) is 136 Å². The van der Waals surface area contributed by atoms with Crippen LogP contribution in [0, 0.1) is 24.0 Å². The zero-order valence-electron chi connectivity index (χ0n) is 42.3. The molecule has 6 atom stereocenters. The van der Waals surface area contributed by atoms with Gasteiger partial charge >= 0.3 is 0 Å². The van der Waals surface area contributed by atoms with Crippen molar-refractivity contribution in [2.75, 3.05) is 46.1 Å². The van der Waals surface area contributed by atoms with Gasteiger partial charge in [0.05, 0.1) is 40.9 Å². The molecule has 2 aliphatic heterocycles. The van der Waals surface area contributed by atoms with Crippen LogP contribution in [-0.2, 0) is 30.3 Å². The molecule has 0 bridgehead atoms. The van der Waals surface area contributed by atoms with Crippen molar-refractivity contribution in [3.05, 3.63) is 111 Å². The van der Waals surface area contributed by atoms with Gasteiger partial charge in [-0.25, -0.2) is 18.2 Å². The van der Waals surface area contributed by atoms with E-state index in [9.17, 15) is 19.5 Å². The molecule has 3 N–H and O–H groups in total. The van der Waals surface area contributed by atoms with Gasteiger partial charge in [-0.05, 0) is 99.1 Å². The van der Waals surface area contributed by atoms with Gasteiger partial charge in [0.2, 0.25) is 17.7 Å². The maximum Gasteiger partial charge on any atom is 0.246 e. The highest BCUT2D eigenvalue weighted by atomic mass is 32.1. The first-order chi connectivity index (χ1) is 33.7. The second kappa shape index (κ2) is 23.2. The Morgan fingerprint density at radius 3 is 2.27 bits per heavy atom. The molecule has 3 heterocycles. The fraction of sp³-hybridized carbons (Fsp3) is 0.527. The van der Waals surface area contributed by atoms with Gasteiger partial charge in [-0.15, -0.1) is 11.3 Å². The summed E-state index contributed by atoms with van der Waals surface area (Å²) in [7, 11) is 0. The molecule has 0 radical (unpaired) electrons. The smallest absolute Gasteiger partial charge is 0.246 e. The summed E-state index contributed by atoms with van der Waals surface area (Å²) in [6.07, 6.45) is 2.16. The maximum atomic E-state index is 16.1. The number of nitrogens with zero attached hydrogens (tertiary/aromatic N) is 3. The molecular formula is C55H70F3N5O7S. The summed E-state index contributed by atoms with van der Waals surface area (Å²) in [6.45, 7) is 15.2. The number of likely N-dealkylation sites (tertiary alicyclic amines) is 1. The second-order valence-corrected chi connectivity index (χ2v) is 21.8. The van der Waals surface area contributed by atoms with Crippen molar-refractivity contribution in [3.63, 3.8) is 0 Å². The third-order valence-corrected chi connectivity index (χ3v) is 14.5. The SMILES string of the molecule is Cc1ncsc1-c1ccc([C@H](C)NC(=O)[C@@H]2C[C@@H](O)CN2C(=O)[C@@H](NC(=O)COCCCCOCCCOc2cc(F)c([C@@H]3C4=C(C[C@@H](C)N3CC(C)(C)F)c3ccccc3C4)c(F)c2)C(C)(C)C)cc1. The van der Waals surface area contributed by atoms with Crippen molar-refractivity contribution in [1.29, 1.82) is 0 Å². The quantitative estimate of drug-likeness (QED) is 0.0697. The highest BCUT2D eigenvalue weighted by molar-refractivity contribution is 7.13. The van der Waals surface area contributed by atoms with Gasteiger partial charge in [-0.2, -0.15) is 0 Å². The number of rotatable bonds is 21. The Morgan fingerprint density at radius 1 is 0.930 bits per heavy atom. The van der Waals surface area contributed by atoms with Crippen LogP contribution in [0.2, 0.25) is 0 Å². The molecule has 16 heteroatoms. The van der Waals surface area contributed by atoms with Gasteiger partial charge in [-0.1, -0.05) is 69.3 Å². The molecule has 71 heavy (non-hydrogen) atoms. The minimum Gasteiger partial charge on any atom is -0.493 e. The zero-order chi connectivity index (χ0) is 51.2. The topological polar surface area (TPSA) is 143 Å². The molecule has 1 aliphatic carbocycles. The number of fused-ring (bicyclic) bond motifs is 2. The number of β-amino-alcohol motifs (C(OH)–C–C–N with tert-alkyl or cyclic N) is 1. The maximum absolute atomic E-state index is 16.1. The van der Waals surface area contributed by atoms with Crippen molar-refractivity contribution < 1.29 is 46.9 Å². The lowest BCUT2D eigenvalue weighted by molar-refractivity contribution is -0.144. The Bertz CT molecular complexity index is 2520. The standard InChI is InChI=1S/C55H70F3N5O7S/c1-33-24-42-41-15-10-9-14-38(41)25-43(42)49(63(33)31-55(7,8)58)48-44(56)27-40(28-45(48)57)70-23-13-22-68-20-11-12-21-69-30-47(65)61-51(54(4,5)6)53(67)62-29-39(64)26-46(62)52(66)60-34(2)36-16-18-37(19-17-36)50-35(3)59-32-71-50/h9-10,14-19,27-28,32-34,39,46,49,51,64H,11-13,20-26,29-31H2,1-8H3,(H,60,66)(H,61,65)/t33-,34+,39-,46+,49+,51-/m1/s1. The van der Waals surface area contributed by atoms with Crippen LogP contribution in [0.3, 0.4) is 0 Å². The third-order valence-electron chi connectivity index (χ3n) is 13.5. The van der Waals surface area contributed by atoms with E-state index >= 15 is 13.2 Å². The molecule has 3 aromatic carbocycles. The monoisotopic (exact) mass is 1000 g/mol. The number of carbonyl (C=O) groups is 3. The van der Waals surface area contributed by atoms with Crippen LogP contribution in [0.1, 0.15) is 121 Å². The number of alkyl halides is 1. The number of benzene rings is 3. The molecule has 1 saturated heterocycles. The van der Waals surface area contributed by atoms with Crippen LogP contribution in [-0.4, -0.2) is 114 Å². The van der Waals surface area contributed by atoms with E-state index in [0.717, 1.165) is 44.0 Å². The van der Waals surface area contributed by atoms with Crippen LogP contribution in [0.5, 0.6) is 5.75 Å². The van der Waals surface area contributed by atoms with Crippen molar-refractivity contribution in [2.24, 2.45) is 5.41 Å². The second-order valence-electron chi connectivity index (χ2n) is 20.9. The molecule has 384 valence electrons. The van der Waals surface area contributed by atoms with E-state index in [0.29, 0.717) is 45.3 Å². The van der Waals surface area contributed by atoms with E-state index in [2.05, 4.69) is 21.7 Å². The van der Waals surface area contributed by atoms with Crippen LogP contribution < -0.4 is 15.4 Å². The van der Waals surface area contributed by atoms with Gasteiger partial charge in [0.1, 0.15) is 41.7 Å². The fourth-order valence-corrected chi connectivity index (χ4v) is 10.8. The Labute approximate surface area is 420 Å². The molecule has 3 amide bonds. The minimum atomic E-state index is -1.57. The molecule has 3 aliphatic rings. The van der Waals surface area contributed by atoms with Crippen LogP contribution in [0.4, 0.5) is 13.2 Å². The summed E-state index contributed by atoms with van der Waals surface area (Å²) in [4.78, 5) is 49.5. The number of amides is 3. The van der Waals surface area contributed by atoms with E-state index in [-0.39, 0.29) is 68.6 Å². The molecule has 1 aromatic heterocycles. The van der Waals surface area contributed by atoms with E-state index in [1.165, 1.54) is 30.9 Å². The number of halogens is 3. The van der Waals surface area contributed by atoms with Crippen molar-refractivity contribution in [3.8, 4) is 16.2 Å². The average molecular weight is 1000 g/mol. The first-order valence-corrected chi connectivity index (χ1v) is 25.7. The van der Waals surface area contributed by atoms with Crippen LogP contribution in [0.15, 0.2) is 71.7 Å². The van der Waals surface area contributed by atoms with Gasteiger partial charge in [-0.3, -0.25) is 19.3 Å². The Balaban J connectivity index is 0.812. The summed E-state index contributed by atoms with van der Waals surface area (Å²) in [6, 6.07) is 15.2. The molecule has 12 nitrogen and oxygen atoms in total. The Kier molecular flexibility index (Phi) is 17.5. The Hall–Kier alpha value is -5.13. The van der Waals surface area contributed by atoms with Gasteiger partial charge < -0.3 is 34.9 Å². The largest absolute Gasteiger partial charge is 0.493 e. The van der Waals surface area contributed by atoms with Crippen molar-refractivity contribution >= 4 is 34.6 Å². The molecular weight excluding hydrogens is 932 g/mol. The van der Waals surface area contributed by atoms with E-state index in [4.69, 9.17) is 14.2 Å². The van der Waals surface area contributed by atoms with Gasteiger partial charge in [0.15, 0.2) is 0 Å². The zero-order valence-corrected chi connectivity index (χ0v) is 43.1. The van der Waals surface area contributed by atoms with Crippen molar-refractivity contribution in [1.82, 2.24) is 25.4 Å². The third kappa shape index (κ3) is 13.3. The lowest BCUT2D eigenvalue weighted by Gasteiger charge is -2.44. The molecule has 4 aromatic rings. The lowest BCUT2D eigenvalue weighted by Crippen LogP contribution is -2.58. The number of aliphatic hydroxyl groups is 1. The first-order valence-electron chi connectivity index (χ1n) is 24.8. The fourth-order valence-electron chi connectivity index (χ4n) is 9.99. The number of unbranched alkanes of at least 4 members (excludes halogenated alkanes) is 1. The molecule has 7 rings (SSSR count). The number of nitrogens with one attached hydrogen (secondary N) is 2. The summed E-state index contributed by atoms with van der Waals surface area (Å²) in [5.74, 6) is -2.71. The predicted molar refractivity (Wildman–Crippen MR) is 269 cm³/mol. The molecule has 1 fully saturated rings. The number of aromatic nitrogens is 1. The summed E-state index contributed by atoms with van der Waals surface area (Å²) in [5, 5.41) is 16.5. The summed E-state index contributed by atoms with van der Waals surface area (Å²) >= 11 is 1.57. The number of aryl methyl sites for hydroxylation is 1. The summed E-state index contributed by atoms with van der Waals surface area (Å²) in [5.41, 5.74) is 6.52. The number of hydrogen-bond acceptors (Lipinski definition) is 10. The molecule has 0 saturated carbocycles. The van der Waals surface area contributed by atoms with Gasteiger partial charge in [0, 0.05) is 69.5 Å². The number of aliphatic hydroxyl groups excluding tert-OH is 1. The van der Waals surface area contributed by atoms with E-state index < -0.39 is 58.8 Å². The molecule has 0 unspecified atom stereocenters. The number of thiazole rings is 1. The highest BCUT2D eigenvalue weighted by Crippen LogP contribution is 2.50. The number of ether oxygens (including phenoxy) is 3. The number of hydrogen-bond donors (Lipinski definition) is 3. The predicted octanol–water partition coefficient (Wildman–Crippen LogP) is 9.24. The molecule has 0 spiro atoms. The van der Waals surface area contributed by atoms with Crippen LogP contribution in [0.25, 0.3) is 16.0 Å². The highest BCUT2D eigenvalue weighted by Gasteiger charge is 2.46. The van der Waals surface area contributed by atoms with E-state index in [1.54, 1.807) is 11.3 Å². The van der Waals surface area contributed by atoms with Gasteiger partial charge in [0.25, 0.3) is 0 Å². The first kappa shape index (κ1) is 53.7. The van der Waals surface area contributed by atoms with E-state index in [1.807, 2.05) is 94.4 Å².